The fourth-order valence-electron chi connectivity index (χ4n) is 3.52. The van der Waals surface area contributed by atoms with Crippen LogP contribution in [0.1, 0.15) is 35.2 Å². The van der Waals surface area contributed by atoms with Gasteiger partial charge in [0.05, 0.1) is 18.6 Å². The molecule has 2 aromatic rings. The number of nitrogens with one attached hydrogen (secondary N) is 2. The lowest BCUT2D eigenvalue weighted by atomic mass is 9.66. The number of fused-ring (bicyclic) bond motifs is 1. The third-order valence-electron chi connectivity index (χ3n) is 4.64. The predicted octanol–water partition coefficient (Wildman–Crippen LogP) is 1.24. The first-order valence-electron chi connectivity index (χ1n) is 7.51. The van der Waals surface area contributed by atoms with E-state index < -0.39 is 23.4 Å². The first-order chi connectivity index (χ1) is 10.8. The van der Waals surface area contributed by atoms with Gasteiger partial charge in [-0.05, 0) is 19.4 Å². The highest BCUT2D eigenvalue weighted by atomic mass is 16.5. The normalized spacial score (nSPS) is 26.6. The van der Waals surface area contributed by atoms with Crippen molar-refractivity contribution >= 4 is 5.97 Å². The molecule has 6 heteroatoms. The number of aromatic amines is 2. The van der Waals surface area contributed by atoms with Crippen molar-refractivity contribution < 1.29 is 14.6 Å². The van der Waals surface area contributed by atoms with E-state index in [1.807, 2.05) is 31.2 Å². The molecule has 122 valence electrons. The molecule has 23 heavy (non-hydrogen) atoms. The Kier molecular flexibility index (Phi) is 3.64. The van der Waals surface area contributed by atoms with Crippen LogP contribution in [0.3, 0.4) is 0 Å². The number of hydrogen-bond donors (Lipinski definition) is 3. The first kappa shape index (κ1) is 15.6. The molecule has 1 aliphatic carbocycles. The standard InChI is InChI=1S/C17H20N2O4/c1-9-4-6-10(7-5-9)12-13-11(18-19-15(13)20)8-17(2,22)14(12)16(21)23-3/h4-7,12,14,22H,8H2,1-3H3,(H2,18,19,20)/t12-,14-,17-/m1/s1. The molecular formula is C17H20N2O4. The summed E-state index contributed by atoms with van der Waals surface area (Å²) in [6.07, 6.45) is 0.184. The van der Waals surface area contributed by atoms with Crippen molar-refractivity contribution in [3.63, 3.8) is 0 Å². The number of esters is 1. The number of ether oxygens (including phenoxy) is 1. The first-order valence-corrected chi connectivity index (χ1v) is 7.51. The largest absolute Gasteiger partial charge is 0.469 e. The van der Waals surface area contributed by atoms with E-state index in [1.165, 1.54) is 7.11 Å². The molecule has 3 rings (SSSR count). The molecule has 0 aliphatic heterocycles. The fraction of sp³-hybridized carbons (Fsp3) is 0.412. The molecule has 0 unspecified atom stereocenters. The summed E-state index contributed by atoms with van der Waals surface area (Å²) in [5.41, 5.74) is 1.42. The van der Waals surface area contributed by atoms with Gasteiger partial charge in [-0.15, -0.1) is 0 Å². The second kappa shape index (κ2) is 5.38. The van der Waals surface area contributed by atoms with Crippen molar-refractivity contribution in [1.29, 1.82) is 0 Å². The number of aliphatic hydroxyl groups is 1. The minimum Gasteiger partial charge on any atom is -0.469 e. The Morgan fingerprint density at radius 3 is 2.57 bits per heavy atom. The number of H-pyrrole nitrogens is 2. The highest BCUT2D eigenvalue weighted by Gasteiger charge is 2.50. The van der Waals surface area contributed by atoms with Gasteiger partial charge in [0.1, 0.15) is 0 Å². The third kappa shape index (κ3) is 2.49. The van der Waals surface area contributed by atoms with Crippen LogP contribution < -0.4 is 5.56 Å². The molecule has 0 saturated heterocycles. The average Bonchev–Trinajstić information content (AvgIpc) is 2.85. The Labute approximate surface area is 133 Å². The van der Waals surface area contributed by atoms with E-state index in [0.29, 0.717) is 11.3 Å². The summed E-state index contributed by atoms with van der Waals surface area (Å²) in [6.45, 7) is 3.57. The monoisotopic (exact) mass is 316 g/mol. The van der Waals surface area contributed by atoms with Gasteiger partial charge in [-0.1, -0.05) is 29.8 Å². The van der Waals surface area contributed by atoms with Crippen LogP contribution in [0, 0.1) is 12.8 Å². The van der Waals surface area contributed by atoms with Crippen LogP contribution in [0.4, 0.5) is 0 Å². The van der Waals surface area contributed by atoms with E-state index in [1.54, 1.807) is 6.92 Å². The predicted molar refractivity (Wildman–Crippen MR) is 84.3 cm³/mol. The third-order valence-corrected chi connectivity index (χ3v) is 4.64. The zero-order valence-corrected chi connectivity index (χ0v) is 13.3. The summed E-state index contributed by atoms with van der Waals surface area (Å²) >= 11 is 0. The van der Waals surface area contributed by atoms with Gasteiger partial charge in [-0.25, -0.2) is 0 Å². The molecule has 0 amide bonds. The summed E-state index contributed by atoms with van der Waals surface area (Å²) in [4.78, 5) is 24.6. The number of carbonyl (C=O) groups is 1. The average molecular weight is 316 g/mol. The number of rotatable bonds is 2. The Morgan fingerprint density at radius 2 is 1.96 bits per heavy atom. The van der Waals surface area contributed by atoms with E-state index in [-0.39, 0.29) is 12.0 Å². The quantitative estimate of drug-likeness (QED) is 0.726. The van der Waals surface area contributed by atoms with Gasteiger partial charge in [0, 0.05) is 23.6 Å². The maximum Gasteiger partial charge on any atom is 0.312 e. The van der Waals surface area contributed by atoms with Gasteiger partial charge in [0.15, 0.2) is 0 Å². The van der Waals surface area contributed by atoms with Crippen LogP contribution in [-0.2, 0) is 16.0 Å². The van der Waals surface area contributed by atoms with Crippen LogP contribution >= 0.6 is 0 Å². The van der Waals surface area contributed by atoms with E-state index in [9.17, 15) is 14.7 Å². The summed E-state index contributed by atoms with van der Waals surface area (Å²) < 4.78 is 4.91. The smallest absolute Gasteiger partial charge is 0.312 e. The topological polar surface area (TPSA) is 95.2 Å². The molecule has 0 fully saturated rings. The SMILES string of the molecule is COC(=O)[C@H]1[C@H](c2ccc(C)cc2)c2c([nH][nH]c2=O)C[C@@]1(C)O. The van der Waals surface area contributed by atoms with E-state index in [4.69, 9.17) is 4.74 Å². The molecule has 1 aliphatic rings. The van der Waals surface area contributed by atoms with Crippen molar-refractivity contribution in [3.05, 3.63) is 57.0 Å². The summed E-state index contributed by atoms with van der Waals surface area (Å²) in [7, 11) is 1.29. The summed E-state index contributed by atoms with van der Waals surface area (Å²) in [5, 5.41) is 16.2. The Hall–Kier alpha value is -2.34. The van der Waals surface area contributed by atoms with Gasteiger partial charge in [0.2, 0.25) is 0 Å². The zero-order chi connectivity index (χ0) is 16.8. The van der Waals surface area contributed by atoms with E-state index in [2.05, 4.69) is 10.2 Å². The van der Waals surface area contributed by atoms with Gasteiger partial charge in [0.25, 0.3) is 5.56 Å². The fourth-order valence-corrected chi connectivity index (χ4v) is 3.52. The van der Waals surface area contributed by atoms with Crippen molar-refractivity contribution in [2.45, 2.75) is 31.8 Å². The molecular weight excluding hydrogens is 296 g/mol. The number of aryl methyl sites for hydroxylation is 1. The lowest BCUT2D eigenvalue weighted by molar-refractivity contribution is -0.156. The van der Waals surface area contributed by atoms with Crippen LogP contribution in [0.15, 0.2) is 29.1 Å². The molecule has 3 atom stereocenters. The van der Waals surface area contributed by atoms with Gasteiger partial charge in [-0.2, -0.15) is 0 Å². The molecule has 6 nitrogen and oxygen atoms in total. The van der Waals surface area contributed by atoms with Crippen LogP contribution in [0.5, 0.6) is 0 Å². The highest BCUT2D eigenvalue weighted by Crippen LogP contribution is 2.44. The molecule has 1 aromatic carbocycles. The number of aromatic nitrogens is 2. The number of methoxy groups -OCH3 is 1. The molecule has 3 N–H and O–H groups in total. The lowest BCUT2D eigenvalue weighted by Crippen LogP contribution is -2.49. The molecule has 1 aromatic heterocycles. The van der Waals surface area contributed by atoms with Gasteiger partial charge < -0.3 is 14.9 Å². The summed E-state index contributed by atoms with van der Waals surface area (Å²) in [6, 6.07) is 7.61. The van der Waals surface area contributed by atoms with Crippen molar-refractivity contribution in [2.24, 2.45) is 5.92 Å². The maximum absolute atomic E-state index is 12.4. The maximum atomic E-state index is 12.4. The van der Waals surface area contributed by atoms with E-state index in [0.717, 1.165) is 11.1 Å². The summed E-state index contributed by atoms with van der Waals surface area (Å²) in [5.74, 6) is -1.93. The van der Waals surface area contributed by atoms with Crippen LogP contribution in [-0.4, -0.2) is 34.0 Å². The van der Waals surface area contributed by atoms with Crippen molar-refractivity contribution in [1.82, 2.24) is 10.2 Å². The number of benzene rings is 1. The molecule has 0 bridgehead atoms. The minimum atomic E-state index is -1.32. The molecule has 0 radical (unpaired) electrons. The van der Waals surface area contributed by atoms with Crippen LogP contribution in [0.25, 0.3) is 0 Å². The van der Waals surface area contributed by atoms with Crippen molar-refractivity contribution in [2.75, 3.05) is 7.11 Å². The van der Waals surface area contributed by atoms with Gasteiger partial charge >= 0.3 is 5.97 Å². The minimum absolute atomic E-state index is 0.184. The second-order valence-electron chi connectivity index (χ2n) is 6.39. The molecule has 1 heterocycles. The lowest BCUT2D eigenvalue weighted by Gasteiger charge is -2.40. The molecule has 0 spiro atoms. The Bertz CT molecular complexity index is 786. The second-order valence-corrected chi connectivity index (χ2v) is 6.39. The Balaban J connectivity index is 2.24. The van der Waals surface area contributed by atoms with E-state index >= 15 is 0 Å². The highest BCUT2D eigenvalue weighted by molar-refractivity contribution is 5.77. The van der Waals surface area contributed by atoms with Gasteiger partial charge in [-0.3, -0.25) is 14.7 Å². The molecule has 0 saturated carbocycles. The number of hydrogen-bond acceptors (Lipinski definition) is 4. The zero-order valence-electron chi connectivity index (χ0n) is 13.3. The van der Waals surface area contributed by atoms with Crippen molar-refractivity contribution in [3.8, 4) is 0 Å². The Morgan fingerprint density at radius 1 is 1.30 bits per heavy atom. The van der Waals surface area contributed by atoms with Crippen LogP contribution in [0.2, 0.25) is 0 Å². The number of carbonyl (C=O) groups excluding carboxylic acids is 1.